The van der Waals surface area contributed by atoms with Crippen LogP contribution in [0.3, 0.4) is 0 Å². The van der Waals surface area contributed by atoms with Gasteiger partial charge in [-0.05, 0) is 27.7 Å². The summed E-state index contributed by atoms with van der Waals surface area (Å²) in [6.45, 7) is 5.17. The summed E-state index contributed by atoms with van der Waals surface area (Å²) in [5.74, 6) is -5.35. The molecule has 0 saturated carbocycles. The lowest BCUT2D eigenvalue weighted by atomic mass is 10.1. The highest BCUT2D eigenvalue weighted by Crippen LogP contribution is 2.69. The Morgan fingerprint density at radius 3 is 1.98 bits per heavy atom. The third-order valence-electron chi connectivity index (χ3n) is 9.48. The normalized spacial score (nSPS) is 32.7. The topological polar surface area (TPSA) is 373 Å². The van der Waals surface area contributed by atoms with Crippen molar-refractivity contribution in [2.45, 2.75) is 88.3 Å². The quantitative estimate of drug-likeness (QED) is 0.0679. The van der Waals surface area contributed by atoms with Crippen LogP contribution < -0.4 is 16.0 Å². The standard InChI is InChI=1S/C28H40N10O17P4/c1-27(2)51-17-13(49-25(19(17)53-27)37-9-35-16-21(29)32-8-34-24(16)37)5-47-56(39,40)11-58(43,44)55-59(45,46)12-57(41,42)48-6-14-18-20(54-28(3,4)52-18)26(50-14)38-10-36-22(30)15-23(38)33-7-31-15/h7-10,13-14,17-20,25-26H,5-6,11-12H2,1-4H3,(H8,29,30,31,32,33,34,39,40,41,42,43,44,45,46)/p+1/t13-,14-,17+,18+,19?,20?,25-,26-/m1/s1. The summed E-state index contributed by atoms with van der Waals surface area (Å²) in [5.41, 5.74) is 13.2. The number of imidazole rings is 2. The molecule has 0 spiro atoms. The SMILES string of the molecule is CC1(C)OC2[C@@H](O1)[C@@H](COP(=O)(O)CP(=O)(O)OP(=O)(O)CP(=O)(O)OC[C@H]1O[C@@H]([n+]3cnc(N)c4[nH]cnc43)C3OC(C)(C)O[C@H]31)O[C@H]2n1cnc2c(N)ncnc21. The van der Waals surface area contributed by atoms with Gasteiger partial charge in [0.2, 0.25) is 18.4 Å². The summed E-state index contributed by atoms with van der Waals surface area (Å²) in [5, 5.41) is 0. The van der Waals surface area contributed by atoms with Gasteiger partial charge in [-0.1, -0.05) is 9.97 Å². The lowest BCUT2D eigenvalue weighted by Crippen LogP contribution is -2.47. The molecule has 6 unspecified atom stereocenters. The molecule has 4 fully saturated rings. The molecule has 324 valence electrons. The minimum Gasteiger partial charge on any atom is -0.382 e. The zero-order valence-corrected chi connectivity index (χ0v) is 35.0. The van der Waals surface area contributed by atoms with Crippen molar-refractivity contribution in [2.75, 3.05) is 36.5 Å². The van der Waals surface area contributed by atoms with Crippen molar-refractivity contribution < 1.29 is 84.2 Å². The van der Waals surface area contributed by atoms with Crippen molar-refractivity contribution >= 4 is 64.3 Å². The highest BCUT2D eigenvalue weighted by molar-refractivity contribution is 7.78. The number of ether oxygens (including phenoxy) is 6. The number of aromatic amines is 1. The first-order valence-electron chi connectivity index (χ1n) is 17.6. The molecule has 9 N–H and O–H groups in total. The lowest BCUT2D eigenvalue weighted by molar-refractivity contribution is -0.748. The van der Waals surface area contributed by atoms with Gasteiger partial charge in [0.05, 0.1) is 19.5 Å². The Balaban J connectivity index is 0.882. The van der Waals surface area contributed by atoms with E-state index in [-0.39, 0.29) is 17.2 Å². The number of H-pyrrole nitrogens is 1. The van der Waals surface area contributed by atoms with Gasteiger partial charge in [-0.3, -0.25) is 22.8 Å². The van der Waals surface area contributed by atoms with Gasteiger partial charge in [-0.15, -0.1) is 0 Å². The van der Waals surface area contributed by atoms with Crippen LogP contribution in [0.25, 0.3) is 22.3 Å². The number of aromatic nitrogens is 8. The molecule has 4 aromatic heterocycles. The lowest BCUT2D eigenvalue weighted by Gasteiger charge is -2.25. The molecule has 0 aromatic carbocycles. The Labute approximate surface area is 332 Å². The summed E-state index contributed by atoms with van der Waals surface area (Å²) in [4.78, 5) is 65.7. The molecular weight excluding hydrogens is 872 g/mol. The van der Waals surface area contributed by atoms with Crippen molar-refractivity contribution in [1.82, 2.24) is 34.5 Å². The fraction of sp³-hybridized carbons (Fsp3) is 0.643. The third kappa shape index (κ3) is 8.77. The van der Waals surface area contributed by atoms with Gasteiger partial charge in [0.25, 0.3) is 5.65 Å². The number of nitrogens with one attached hydrogen (secondary N) is 1. The Bertz CT molecular complexity index is 2470. The van der Waals surface area contributed by atoms with Crippen LogP contribution >= 0.6 is 30.4 Å². The number of anilines is 2. The highest BCUT2D eigenvalue weighted by Gasteiger charge is 2.59. The number of rotatable bonds is 14. The van der Waals surface area contributed by atoms with E-state index < -0.39 is 116 Å². The molecule has 59 heavy (non-hydrogen) atoms. The molecular formula is C28H41N10O17P4+. The van der Waals surface area contributed by atoms with Crippen LogP contribution in [-0.4, -0.2) is 127 Å². The van der Waals surface area contributed by atoms with Crippen LogP contribution in [0.2, 0.25) is 0 Å². The Hall–Kier alpha value is -2.90. The molecule has 0 amide bonds. The average Bonchev–Trinajstić information content (AvgIpc) is 3.93. The van der Waals surface area contributed by atoms with Gasteiger partial charge in [0.1, 0.15) is 48.5 Å². The number of nitrogens with zero attached hydrogens (tertiary/aromatic N) is 7. The van der Waals surface area contributed by atoms with Crippen LogP contribution in [0.1, 0.15) is 40.2 Å². The van der Waals surface area contributed by atoms with E-state index >= 15 is 0 Å². The molecule has 27 nitrogen and oxygen atoms in total. The van der Waals surface area contributed by atoms with E-state index in [9.17, 15) is 37.8 Å². The first-order chi connectivity index (χ1) is 27.4. The molecule has 31 heteroatoms. The Kier molecular flexibility index (Phi) is 10.8. The van der Waals surface area contributed by atoms with E-state index in [0.717, 1.165) is 0 Å². The molecule has 8 heterocycles. The maximum absolute atomic E-state index is 13.1. The summed E-state index contributed by atoms with van der Waals surface area (Å²) < 4.78 is 106. The summed E-state index contributed by atoms with van der Waals surface area (Å²) >= 11 is 0. The van der Waals surface area contributed by atoms with E-state index in [2.05, 4.69) is 34.2 Å². The van der Waals surface area contributed by atoms with Crippen LogP contribution in [0.4, 0.5) is 11.6 Å². The number of nitrogens with two attached hydrogens (primary N) is 2. The van der Waals surface area contributed by atoms with E-state index in [0.29, 0.717) is 16.8 Å². The molecule has 0 aliphatic carbocycles. The van der Waals surface area contributed by atoms with Gasteiger partial charge in [-0.2, -0.15) is 0 Å². The zero-order valence-electron chi connectivity index (χ0n) is 31.4. The second-order valence-electron chi connectivity index (χ2n) is 15.0. The molecule has 0 radical (unpaired) electrons. The van der Waals surface area contributed by atoms with Crippen LogP contribution in [0.5, 0.6) is 0 Å². The predicted molar refractivity (Wildman–Crippen MR) is 196 cm³/mol. The molecule has 4 aromatic rings. The van der Waals surface area contributed by atoms with E-state index in [4.69, 9.17) is 48.9 Å². The Morgan fingerprint density at radius 2 is 1.34 bits per heavy atom. The fourth-order valence-electron chi connectivity index (χ4n) is 7.36. The molecule has 4 saturated heterocycles. The number of hydrogen-bond acceptors (Lipinski definition) is 20. The second-order valence-corrected chi connectivity index (χ2v) is 23.5. The van der Waals surface area contributed by atoms with Gasteiger partial charge < -0.3 is 73.5 Å². The van der Waals surface area contributed by atoms with E-state index in [1.165, 1.54) is 34.4 Å². The van der Waals surface area contributed by atoms with Gasteiger partial charge in [0, 0.05) is 0 Å². The Morgan fingerprint density at radius 1 is 0.763 bits per heavy atom. The monoisotopic (exact) mass is 913 g/mol. The van der Waals surface area contributed by atoms with Gasteiger partial charge >= 0.3 is 30.4 Å². The molecule has 0 bridgehead atoms. The third-order valence-corrected chi connectivity index (χ3v) is 18.3. The molecule has 12 atom stereocenters. The van der Waals surface area contributed by atoms with Crippen LogP contribution in [0.15, 0.2) is 25.3 Å². The molecule has 4 aliphatic heterocycles. The minimum atomic E-state index is -5.50. The van der Waals surface area contributed by atoms with Crippen molar-refractivity contribution in [3.05, 3.63) is 25.3 Å². The molecule has 8 rings (SSSR count). The fourth-order valence-corrected chi connectivity index (χ4v) is 15.3. The first kappa shape index (κ1) is 42.8. The zero-order chi connectivity index (χ0) is 42.5. The first-order valence-corrected chi connectivity index (χ1v) is 24.7. The summed E-state index contributed by atoms with van der Waals surface area (Å²) in [6, 6.07) is 0. The maximum atomic E-state index is 13.1. The predicted octanol–water partition coefficient (Wildman–Crippen LogP) is 0.791. The smallest absolute Gasteiger partial charge is 0.347 e. The van der Waals surface area contributed by atoms with Crippen molar-refractivity contribution in [3.8, 4) is 0 Å². The minimum absolute atomic E-state index is 0.111. The van der Waals surface area contributed by atoms with Crippen LogP contribution in [-0.2, 0) is 60.0 Å². The van der Waals surface area contributed by atoms with Crippen molar-refractivity contribution in [1.29, 1.82) is 0 Å². The molecule has 4 aliphatic rings. The van der Waals surface area contributed by atoms with E-state index in [1.54, 1.807) is 27.7 Å². The van der Waals surface area contributed by atoms with Crippen molar-refractivity contribution in [3.63, 3.8) is 0 Å². The number of hydrogen-bond donors (Lipinski definition) is 7. The van der Waals surface area contributed by atoms with Crippen molar-refractivity contribution in [2.24, 2.45) is 0 Å². The van der Waals surface area contributed by atoms with Crippen LogP contribution in [0, 0.1) is 0 Å². The maximum Gasteiger partial charge on any atom is 0.347 e. The van der Waals surface area contributed by atoms with E-state index in [1.807, 2.05) is 0 Å². The van der Waals surface area contributed by atoms with Gasteiger partial charge in [-0.25, -0.2) is 23.8 Å². The second kappa shape index (κ2) is 14.9. The summed E-state index contributed by atoms with van der Waals surface area (Å²) in [6.07, 6.45) is -2.10. The number of nitrogen functional groups attached to an aromatic ring is 2. The average molecular weight is 914 g/mol. The van der Waals surface area contributed by atoms with Gasteiger partial charge in [0.15, 0.2) is 52.9 Å². The summed E-state index contributed by atoms with van der Waals surface area (Å²) in [7, 11) is -21.2. The number of fused-ring (bicyclic) bond motifs is 4. The largest absolute Gasteiger partial charge is 0.382 e. The highest BCUT2D eigenvalue weighted by atomic mass is 31.3.